The summed E-state index contributed by atoms with van der Waals surface area (Å²) in [4.78, 5) is 36.0. The number of thiocarbonyl (C=S) groups is 1. The molecule has 1 amide bonds. The number of rotatable bonds is 8. The number of hydrogen-bond donors (Lipinski definition) is 5. The number of carboxylic acid groups (broad SMARTS) is 1. The van der Waals surface area contributed by atoms with Crippen LogP contribution >= 0.6 is 24.0 Å². The van der Waals surface area contributed by atoms with Gasteiger partial charge in [-0.15, -0.1) is 11.8 Å². The lowest BCUT2D eigenvalue weighted by Gasteiger charge is -2.14. The highest BCUT2D eigenvalue weighted by Gasteiger charge is 2.17. The molecule has 0 aromatic heterocycles. The second-order valence-corrected chi connectivity index (χ2v) is 9.35. The highest BCUT2D eigenvalue weighted by Crippen LogP contribution is 2.28. The monoisotopic (exact) mass is 509 g/mol. The van der Waals surface area contributed by atoms with E-state index in [1.807, 2.05) is 24.3 Å². The zero-order valence-corrected chi connectivity index (χ0v) is 20.5. The van der Waals surface area contributed by atoms with Crippen molar-refractivity contribution < 1.29 is 24.6 Å². The number of nitrogens with one attached hydrogen (secondary N) is 3. The van der Waals surface area contributed by atoms with Crippen LogP contribution in [0.25, 0.3) is 0 Å². The Bertz CT molecular complexity index is 1280. The van der Waals surface area contributed by atoms with Gasteiger partial charge in [-0.05, 0) is 86.7 Å². The number of Topliss-reactive ketones (excluding diaryl/α,β-unsaturated/α-hetero) is 1. The molecule has 3 rings (SSSR count). The maximum Gasteiger partial charge on any atom is 0.339 e. The molecule has 3 aromatic rings. The summed E-state index contributed by atoms with van der Waals surface area (Å²) in [5.74, 6) is -1.99. The van der Waals surface area contributed by atoms with E-state index in [1.165, 1.54) is 36.9 Å². The van der Waals surface area contributed by atoms with Crippen LogP contribution in [0, 0.1) is 0 Å². The number of amides is 1. The first-order chi connectivity index (χ1) is 16.6. The fourth-order valence-electron chi connectivity index (χ4n) is 3.02. The maximum atomic E-state index is 12.6. The van der Waals surface area contributed by atoms with Gasteiger partial charge in [0.25, 0.3) is 0 Å². The summed E-state index contributed by atoms with van der Waals surface area (Å²) < 4.78 is 0. The number of anilines is 3. The molecule has 35 heavy (non-hydrogen) atoms. The highest BCUT2D eigenvalue weighted by atomic mass is 32.2. The van der Waals surface area contributed by atoms with Crippen molar-refractivity contribution in [3.05, 3.63) is 77.9 Å². The lowest BCUT2D eigenvalue weighted by Crippen LogP contribution is -2.22. The van der Waals surface area contributed by atoms with Crippen molar-refractivity contribution in [3.8, 4) is 5.75 Å². The molecule has 8 nitrogen and oxygen atoms in total. The largest absolute Gasteiger partial charge is 0.507 e. The van der Waals surface area contributed by atoms with Gasteiger partial charge in [-0.25, -0.2) is 4.79 Å². The zero-order chi connectivity index (χ0) is 25.5. The average Bonchev–Trinajstić information content (AvgIpc) is 2.80. The van der Waals surface area contributed by atoms with Gasteiger partial charge in [-0.2, -0.15) is 0 Å². The standard InChI is InChI=1S/C25H23N3O5S2/c1-14(29)16-6-8-17(9-7-16)27-25(34)28-18-4-3-5-20(12-18)35-15(2)23(31)26-19-10-11-22(30)21(13-19)24(32)33/h3-13,15,30H,1-2H3,(H,26,31)(H,32,33)(H2,27,28,34). The van der Waals surface area contributed by atoms with Crippen LogP contribution in [0.3, 0.4) is 0 Å². The quantitative estimate of drug-likeness (QED) is 0.120. The summed E-state index contributed by atoms with van der Waals surface area (Å²) in [6.07, 6.45) is 0. The van der Waals surface area contributed by atoms with Gasteiger partial charge in [-0.3, -0.25) is 9.59 Å². The molecule has 0 spiro atoms. The summed E-state index contributed by atoms with van der Waals surface area (Å²) >= 11 is 6.69. The van der Waals surface area contributed by atoms with Crippen LogP contribution in [-0.2, 0) is 4.79 Å². The van der Waals surface area contributed by atoms with Crippen molar-refractivity contribution in [3.63, 3.8) is 0 Å². The predicted molar refractivity (Wildman–Crippen MR) is 142 cm³/mol. The SMILES string of the molecule is CC(=O)c1ccc(NC(=S)Nc2cccc(SC(C)C(=O)Nc3ccc(O)c(C(=O)O)c3)c2)cc1. The van der Waals surface area contributed by atoms with Gasteiger partial charge < -0.3 is 26.2 Å². The summed E-state index contributed by atoms with van der Waals surface area (Å²) in [7, 11) is 0. The molecule has 1 atom stereocenters. The summed E-state index contributed by atoms with van der Waals surface area (Å²) in [6, 6.07) is 18.2. The molecule has 0 heterocycles. The van der Waals surface area contributed by atoms with Crippen LogP contribution in [0.2, 0.25) is 0 Å². The third-order valence-corrected chi connectivity index (χ3v) is 6.12. The minimum atomic E-state index is -1.29. The first kappa shape index (κ1) is 25.7. The third-order valence-electron chi connectivity index (χ3n) is 4.82. The van der Waals surface area contributed by atoms with Gasteiger partial charge in [0.05, 0.1) is 5.25 Å². The van der Waals surface area contributed by atoms with Crippen molar-refractivity contribution >= 4 is 63.8 Å². The summed E-state index contributed by atoms with van der Waals surface area (Å²) in [6.45, 7) is 3.24. The van der Waals surface area contributed by atoms with Gasteiger partial charge in [-0.1, -0.05) is 6.07 Å². The minimum absolute atomic E-state index is 0.0115. The molecule has 0 saturated carbocycles. The third kappa shape index (κ3) is 7.29. The van der Waals surface area contributed by atoms with Crippen molar-refractivity contribution in [2.45, 2.75) is 24.0 Å². The molecule has 0 fully saturated rings. The number of ketones is 1. The molecule has 0 aliphatic rings. The topological polar surface area (TPSA) is 128 Å². The first-order valence-corrected chi connectivity index (χ1v) is 11.7. The van der Waals surface area contributed by atoms with Gasteiger partial charge >= 0.3 is 5.97 Å². The Morgan fingerprint density at radius 3 is 2.17 bits per heavy atom. The van der Waals surface area contributed by atoms with E-state index in [0.29, 0.717) is 10.7 Å². The van der Waals surface area contributed by atoms with Crippen molar-refractivity contribution in [1.82, 2.24) is 0 Å². The van der Waals surface area contributed by atoms with E-state index in [4.69, 9.17) is 17.3 Å². The van der Waals surface area contributed by atoms with Gasteiger partial charge in [0.2, 0.25) is 5.91 Å². The van der Waals surface area contributed by atoms with E-state index in [1.54, 1.807) is 31.2 Å². The lowest BCUT2D eigenvalue weighted by atomic mass is 10.1. The van der Waals surface area contributed by atoms with Gasteiger partial charge in [0.15, 0.2) is 10.9 Å². The van der Waals surface area contributed by atoms with Crippen LogP contribution in [0.15, 0.2) is 71.6 Å². The normalized spacial score (nSPS) is 11.3. The Labute approximate surface area is 211 Å². The second kappa shape index (κ2) is 11.5. The van der Waals surface area contributed by atoms with Crippen LogP contribution in [0.4, 0.5) is 17.1 Å². The Balaban J connectivity index is 1.58. The van der Waals surface area contributed by atoms with E-state index in [-0.39, 0.29) is 28.7 Å². The van der Waals surface area contributed by atoms with E-state index in [9.17, 15) is 19.5 Å². The molecule has 0 aliphatic heterocycles. The molecule has 1 unspecified atom stereocenters. The van der Waals surface area contributed by atoms with Gasteiger partial charge in [0.1, 0.15) is 11.3 Å². The molecular formula is C25H23N3O5S2. The number of carbonyl (C=O) groups excluding carboxylic acids is 2. The molecule has 3 aromatic carbocycles. The predicted octanol–water partition coefficient (Wildman–Crippen LogP) is 5.22. The number of phenols is 1. The second-order valence-electron chi connectivity index (χ2n) is 7.53. The molecule has 0 radical (unpaired) electrons. The summed E-state index contributed by atoms with van der Waals surface area (Å²) in [5, 5.41) is 27.4. The van der Waals surface area contributed by atoms with E-state index >= 15 is 0 Å². The van der Waals surface area contributed by atoms with Crippen LogP contribution < -0.4 is 16.0 Å². The van der Waals surface area contributed by atoms with Crippen molar-refractivity contribution in [2.75, 3.05) is 16.0 Å². The Kier molecular flexibility index (Phi) is 8.45. The molecule has 0 aliphatic carbocycles. The maximum absolute atomic E-state index is 12.6. The molecule has 10 heteroatoms. The van der Waals surface area contributed by atoms with Crippen LogP contribution in [-0.4, -0.2) is 38.2 Å². The minimum Gasteiger partial charge on any atom is -0.507 e. The first-order valence-electron chi connectivity index (χ1n) is 10.5. The number of hydrogen-bond acceptors (Lipinski definition) is 6. The Morgan fingerprint density at radius 2 is 1.51 bits per heavy atom. The number of thioether (sulfide) groups is 1. The van der Waals surface area contributed by atoms with Crippen molar-refractivity contribution in [1.29, 1.82) is 0 Å². The van der Waals surface area contributed by atoms with Crippen LogP contribution in [0.5, 0.6) is 5.75 Å². The fourth-order valence-corrected chi connectivity index (χ4v) is 4.18. The van der Waals surface area contributed by atoms with Gasteiger partial charge in [0, 0.05) is 27.5 Å². The van der Waals surface area contributed by atoms with E-state index in [0.717, 1.165) is 16.3 Å². The highest BCUT2D eigenvalue weighted by molar-refractivity contribution is 8.00. The number of carbonyl (C=O) groups is 3. The number of benzene rings is 3. The van der Waals surface area contributed by atoms with Crippen LogP contribution in [0.1, 0.15) is 34.6 Å². The molecule has 5 N–H and O–H groups in total. The molecule has 0 bridgehead atoms. The molecular weight excluding hydrogens is 486 g/mol. The number of aromatic hydroxyl groups is 1. The zero-order valence-electron chi connectivity index (χ0n) is 18.9. The lowest BCUT2D eigenvalue weighted by molar-refractivity contribution is -0.115. The number of carboxylic acids is 1. The van der Waals surface area contributed by atoms with E-state index < -0.39 is 11.2 Å². The molecule has 0 saturated heterocycles. The Morgan fingerprint density at radius 1 is 0.886 bits per heavy atom. The summed E-state index contributed by atoms with van der Waals surface area (Å²) in [5.41, 5.74) is 2.07. The number of aromatic carboxylic acids is 1. The smallest absolute Gasteiger partial charge is 0.339 e. The van der Waals surface area contributed by atoms with Crippen molar-refractivity contribution in [2.24, 2.45) is 0 Å². The Hall–Kier alpha value is -3.89. The molecule has 180 valence electrons. The fraction of sp³-hybridized carbons (Fsp3) is 0.120. The average molecular weight is 510 g/mol. The van der Waals surface area contributed by atoms with E-state index in [2.05, 4.69) is 16.0 Å².